The Morgan fingerprint density at radius 1 is 1.58 bits per heavy atom. The minimum Gasteiger partial charge on any atom is -0.356 e. The molecule has 1 heterocycles. The molecule has 2 nitrogen and oxygen atoms in total. The topological polar surface area (TPSA) is 20.3 Å². The van der Waals surface area contributed by atoms with Crippen LogP contribution in [0.5, 0.6) is 0 Å². The van der Waals surface area contributed by atoms with E-state index in [1.165, 1.54) is 5.75 Å². The monoisotopic (exact) mass is 203 g/mol. The molecule has 1 rings (SSSR count). The molecule has 0 spiro atoms. The number of carbonyl (C=O) groups excluding carboxylic acids is 1. The van der Waals surface area contributed by atoms with Crippen molar-refractivity contribution in [2.45, 2.75) is 19.8 Å². The number of thioether (sulfide) groups is 1. The van der Waals surface area contributed by atoms with E-state index in [0.717, 1.165) is 23.8 Å². The van der Waals surface area contributed by atoms with E-state index in [4.69, 9.17) is 12.2 Å². The van der Waals surface area contributed by atoms with Gasteiger partial charge in [0.15, 0.2) is 0 Å². The van der Waals surface area contributed by atoms with Gasteiger partial charge in [0.25, 0.3) is 0 Å². The summed E-state index contributed by atoms with van der Waals surface area (Å²) in [4.78, 5) is 13.8. The third kappa shape index (κ3) is 3.11. The second-order valence-electron chi connectivity index (χ2n) is 2.90. The summed E-state index contributed by atoms with van der Waals surface area (Å²) in [6, 6.07) is 0. The fourth-order valence-electron chi connectivity index (χ4n) is 1.05. The standard InChI is InChI=1S/C8H13NOS2/c1-7(10)2-3-8(11)9-4-5-12-6-9/h2-6H2,1H3. The van der Waals surface area contributed by atoms with Crippen LogP contribution in [-0.4, -0.2) is 33.8 Å². The maximum atomic E-state index is 10.7. The molecule has 0 aliphatic carbocycles. The first kappa shape index (κ1) is 9.99. The largest absolute Gasteiger partial charge is 0.356 e. The molecule has 0 radical (unpaired) electrons. The number of carbonyl (C=O) groups is 1. The first-order chi connectivity index (χ1) is 5.70. The summed E-state index contributed by atoms with van der Waals surface area (Å²) < 4.78 is 0. The molecule has 0 saturated carbocycles. The van der Waals surface area contributed by atoms with E-state index in [1.54, 1.807) is 6.92 Å². The van der Waals surface area contributed by atoms with Gasteiger partial charge in [0.05, 0.1) is 10.9 Å². The van der Waals surface area contributed by atoms with Crippen molar-refractivity contribution >= 4 is 34.8 Å². The van der Waals surface area contributed by atoms with E-state index in [9.17, 15) is 4.79 Å². The molecule has 0 aromatic rings. The lowest BCUT2D eigenvalue weighted by molar-refractivity contribution is -0.116. The Hall–Kier alpha value is -0.0900. The van der Waals surface area contributed by atoms with E-state index in [-0.39, 0.29) is 5.78 Å². The van der Waals surface area contributed by atoms with Crippen molar-refractivity contribution in [1.82, 2.24) is 4.90 Å². The van der Waals surface area contributed by atoms with Crippen LogP contribution in [0.15, 0.2) is 0 Å². The molecular weight excluding hydrogens is 190 g/mol. The Kier molecular flexibility index (Phi) is 4.01. The lowest BCUT2D eigenvalue weighted by atomic mass is 10.2. The highest BCUT2D eigenvalue weighted by Crippen LogP contribution is 2.15. The lowest BCUT2D eigenvalue weighted by Crippen LogP contribution is -2.26. The van der Waals surface area contributed by atoms with Crippen LogP contribution in [0.25, 0.3) is 0 Å². The predicted molar refractivity (Wildman–Crippen MR) is 56.5 cm³/mol. The van der Waals surface area contributed by atoms with Crippen LogP contribution in [0.3, 0.4) is 0 Å². The van der Waals surface area contributed by atoms with E-state index in [2.05, 4.69) is 4.90 Å². The Balaban J connectivity index is 2.23. The maximum Gasteiger partial charge on any atom is 0.130 e. The fraction of sp³-hybridized carbons (Fsp3) is 0.750. The molecule has 0 atom stereocenters. The van der Waals surface area contributed by atoms with Gasteiger partial charge in [0.2, 0.25) is 0 Å². The molecule has 0 unspecified atom stereocenters. The highest BCUT2D eigenvalue weighted by molar-refractivity contribution is 7.99. The van der Waals surface area contributed by atoms with E-state index >= 15 is 0 Å². The Labute approximate surface area is 82.7 Å². The van der Waals surface area contributed by atoms with Gasteiger partial charge in [0.1, 0.15) is 5.78 Å². The predicted octanol–water partition coefficient (Wildman–Crippen LogP) is 1.69. The first-order valence-corrected chi connectivity index (χ1v) is 5.61. The SMILES string of the molecule is CC(=O)CCC(=S)N1CCSC1. The summed E-state index contributed by atoms with van der Waals surface area (Å²) in [7, 11) is 0. The highest BCUT2D eigenvalue weighted by Gasteiger charge is 2.14. The summed E-state index contributed by atoms with van der Waals surface area (Å²) in [6.45, 7) is 2.67. The highest BCUT2D eigenvalue weighted by atomic mass is 32.2. The average Bonchev–Trinajstić information content (AvgIpc) is 2.51. The molecule has 0 bridgehead atoms. The Morgan fingerprint density at radius 3 is 2.83 bits per heavy atom. The fourth-order valence-corrected chi connectivity index (χ4v) is 2.38. The molecule has 0 N–H and O–H groups in total. The zero-order chi connectivity index (χ0) is 8.97. The third-order valence-corrected chi connectivity index (χ3v) is 3.22. The van der Waals surface area contributed by atoms with Crippen LogP contribution in [-0.2, 0) is 4.79 Å². The summed E-state index contributed by atoms with van der Waals surface area (Å²) >= 11 is 7.09. The van der Waals surface area contributed by atoms with Crippen LogP contribution >= 0.6 is 24.0 Å². The van der Waals surface area contributed by atoms with Crippen molar-refractivity contribution in [2.75, 3.05) is 18.2 Å². The molecule has 1 aliphatic heterocycles. The van der Waals surface area contributed by atoms with Crippen LogP contribution in [0.4, 0.5) is 0 Å². The van der Waals surface area contributed by atoms with Gasteiger partial charge in [-0.25, -0.2) is 0 Å². The lowest BCUT2D eigenvalue weighted by Gasteiger charge is -2.16. The maximum absolute atomic E-state index is 10.7. The molecule has 12 heavy (non-hydrogen) atoms. The van der Waals surface area contributed by atoms with Crippen molar-refractivity contribution in [3.05, 3.63) is 0 Å². The van der Waals surface area contributed by atoms with Gasteiger partial charge < -0.3 is 9.69 Å². The molecule has 0 aromatic carbocycles. The Bertz CT molecular complexity index is 187. The number of thiocarbonyl (C=S) groups is 1. The molecule has 4 heteroatoms. The molecule has 0 aromatic heterocycles. The van der Waals surface area contributed by atoms with Crippen molar-refractivity contribution in [3.63, 3.8) is 0 Å². The minimum atomic E-state index is 0.226. The first-order valence-electron chi connectivity index (χ1n) is 4.05. The van der Waals surface area contributed by atoms with Gasteiger partial charge in [-0.1, -0.05) is 12.2 Å². The number of hydrogen-bond donors (Lipinski definition) is 0. The number of hydrogen-bond acceptors (Lipinski definition) is 3. The van der Waals surface area contributed by atoms with Gasteiger partial charge in [-0.05, 0) is 6.92 Å². The normalized spacial score (nSPS) is 16.6. The molecule has 0 amide bonds. The number of nitrogens with zero attached hydrogens (tertiary/aromatic N) is 1. The van der Waals surface area contributed by atoms with Gasteiger partial charge in [-0.15, -0.1) is 11.8 Å². The summed E-state index contributed by atoms with van der Waals surface area (Å²) in [5, 5.41) is 0. The Morgan fingerprint density at radius 2 is 2.33 bits per heavy atom. The molecule has 1 aliphatic rings. The average molecular weight is 203 g/mol. The van der Waals surface area contributed by atoms with Crippen molar-refractivity contribution in [2.24, 2.45) is 0 Å². The molecule has 1 fully saturated rings. The van der Waals surface area contributed by atoms with E-state index in [0.29, 0.717) is 6.42 Å². The summed E-state index contributed by atoms with van der Waals surface area (Å²) in [6.07, 6.45) is 1.35. The molecule has 68 valence electrons. The molecular formula is C8H13NOS2. The minimum absolute atomic E-state index is 0.226. The zero-order valence-electron chi connectivity index (χ0n) is 7.21. The van der Waals surface area contributed by atoms with Crippen molar-refractivity contribution < 1.29 is 4.79 Å². The molecule has 1 saturated heterocycles. The van der Waals surface area contributed by atoms with Crippen molar-refractivity contribution in [1.29, 1.82) is 0 Å². The van der Waals surface area contributed by atoms with Gasteiger partial charge in [0, 0.05) is 25.1 Å². The smallest absolute Gasteiger partial charge is 0.130 e. The second-order valence-corrected chi connectivity index (χ2v) is 4.44. The van der Waals surface area contributed by atoms with Gasteiger partial charge >= 0.3 is 0 Å². The second kappa shape index (κ2) is 4.82. The summed E-state index contributed by atoms with van der Waals surface area (Å²) in [5.74, 6) is 2.40. The number of Topliss-reactive ketones (excluding diaryl/α,β-unsaturated/α-hetero) is 1. The number of rotatable bonds is 3. The zero-order valence-corrected chi connectivity index (χ0v) is 8.84. The van der Waals surface area contributed by atoms with Crippen LogP contribution in [0.1, 0.15) is 19.8 Å². The van der Waals surface area contributed by atoms with E-state index < -0.39 is 0 Å². The summed E-state index contributed by atoms with van der Waals surface area (Å²) in [5.41, 5.74) is 0. The van der Waals surface area contributed by atoms with Gasteiger partial charge in [-0.2, -0.15) is 0 Å². The van der Waals surface area contributed by atoms with Gasteiger partial charge in [-0.3, -0.25) is 0 Å². The third-order valence-electron chi connectivity index (χ3n) is 1.80. The number of ketones is 1. The van der Waals surface area contributed by atoms with E-state index in [1.807, 2.05) is 11.8 Å². The van der Waals surface area contributed by atoms with Crippen LogP contribution in [0, 0.1) is 0 Å². The van der Waals surface area contributed by atoms with Crippen LogP contribution in [0.2, 0.25) is 0 Å². The quantitative estimate of drug-likeness (QED) is 0.650. The van der Waals surface area contributed by atoms with Crippen molar-refractivity contribution in [3.8, 4) is 0 Å². The van der Waals surface area contributed by atoms with Crippen LogP contribution < -0.4 is 0 Å².